The fourth-order valence-electron chi connectivity index (χ4n) is 2.14. The maximum atomic E-state index is 6.10. The van der Waals surface area contributed by atoms with Gasteiger partial charge in [0.15, 0.2) is 0 Å². The molecular weight excluding hydrogens is 303 g/mol. The lowest BCUT2D eigenvalue weighted by atomic mass is 10.1. The maximum absolute atomic E-state index is 6.10. The predicted molar refractivity (Wildman–Crippen MR) is 89.1 cm³/mol. The number of rotatable bonds is 12. The smallest absolute Gasteiger partial charge is 0.126 e. The number of allylic oxidation sites excluding steroid dienone is 1. The van der Waals surface area contributed by atoms with Crippen LogP contribution in [0.15, 0.2) is 12.7 Å². The molecule has 0 nitrogen and oxygen atoms in total. The van der Waals surface area contributed by atoms with Gasteiger partial charge in [-0.3, -0.25) is 0 Å². The molecule has 0 rings (SSSR count). The first-order valence-corrected chi connectivity index (χ1v) is 12.3. The molecule has 0 bridgehead atoms. The van der Waals surface area contributed by atoms with Crippen molar-refractivity contribution in [3.05, 3.63) is 12.7 Å². The molecule has 1 atom stereocenters. The highest BCUT2D eigenvalue weighted by atomic mass is 35.8. The molecule has 0 aliphatic carbocycles. The zero-order valence-electron chi connectivity index (χ0n) is 11.6. The molecule has 0 aromatic heterocycles. The SMILES string of the molecule is C=CCC(CCCCCCCCCC)[Si](Cl)(Cl)Cl. The molecule has 0 aromatic carbocycles. The zero-order valence-corrected chi connectivity index (χ0v) is 14.8. The molecule has 0 amide bonds. The van der Waals surface area contributed by atoms with Gasteiger partial charge in [0.05, 0.1) is 0 Å². The van der Waals surface area contributed by atoms with Gasteiger partial charge in [0.2, 0.25) is 0 Å². The molecule has 0 aromatic rings. The quantitative estimate of drug-likeness (QED) is 0.155. The molecule has 0 aliphatic heterocycles. The molecule has 108 valence electrons. The molecular formula is C14H27Cl3Si. The van der Waals surface area contributed by atoms with Gasteiger partial charge in [-0.1, -0.05) is 64.4 Å². The molecule has 0 saturated carbocycles. The average molecular weight is 330 g/mol. The highest BCUT2D eigenvalue weighted by molar-refractivity contribution is 7.65. The summed E-state index contributed by atoms with van der Waals surface area (Å²) in [5.41, 5.74) is 0.250. The Hall–Kier alpha value is 0.827. The fraction of sp³-hybridized carbons (Fsp3) is 0.857. The van der Waals surface area contributed by atoms with Gasteiger partial charge in [-0.25, -0.2) is 0 Å². The summed E-state index contributed by atoms with van der Waals surface area (Å²) in [7, 11) is 0. The fourth-order valence-corrected chi connectivity index (χ4v) is 4.89. The molecule has 0 N–H and O–H groups in total. The van der Waals surface area contributed by atoms with Gasteiger partial charge in [-0.05, 0) is 18.4 Å². The van der Waals surface area contributed by atoms with Crippen LogP contribution in [0, 0.1) is 0 Å². The number of halogens is 3. The minimum atomic E-state index is -2.55. The minimum absolute atomic E-state index is 0.250. The first-order chi connectivity index (χ1) is 8.52. The molecule has 4 heteroatoms. The summed E-state index contributed by atoms with van der Waals surface area (Å²) in [5, 5.41) is 0. The van der Waals surface area contributed by atoms with Crippen LogP contribution >= 0.6 is 33.2 Å². The standard InChI is InChI=1S/C14H27Cl3Si/c1-3-5-6-7-8-9-10-11-13-14(12-4-2)18(15,16)17/h4,14H,2-3,5-13H2,1H3. The third-order valence-corrected chi connectivity index (χ3v) is 7.55. The monoisotopic (exact) mass is 328 g/mol. The highest BCUT2D eigenvalue weighted by Crippen LogP contribution is 2.40. The maximum Gasteiger partial charge on any atom is 0.344 e. The molecule has 0 heterocycles. The van der Waals surface area contributed by atoms with Crippen molar-refractivity contribution in [3.8, 4) is 0 Å². The van der Waals surface area contributed by atoms with Crippen LogP contribution in [0.25, 0.3) is 0 Å². The highest BCUT2D eigenvalue weighted by Gasteiger charge is 2.35. The molecule has 0 radical (unpaired) electrons. The summed E-state index contributed by atoms with van der Waals surface area (Å²) >= 11 is 18.3. The van der Waals surface area contributed by atoms with Crippen molar-refractivity contribution in [1.82, 2.24) is 0 Å². The van der Waals surface area contributed by atoms with Crippen LogP contribution in [0.5, 0.6) is 0 Å². The Kier molecular flexibility index (Phi) is 12.2. The summed E-state index contributed by atoms with van der Waals surface area (Å²) in [4.78, 5) is 0. The second-order valence-electron chi connectivity index (χ2n) is 5.03. The van der Waals surface area contributed by atoms with Crippen molar-refractivity contribution in [3.63, 3.8) is 0 Å². The van der Waals surface area contributed by atoms with E-state index in [0.717, 1.165) is 12.8 Å². The van der Waals surface area contributed by atoms with E-state index in [4.69, 9.17) is 33.2 Å². The molecule has 1 unspecified atom stereocenters. The summed E-state index contributed by atoms with van der Waals surface area (Å²) in [6.45, 7) is 6.00. The summed E-state index contributed by atoms with van der Waals surface area (Å²) in [6.07, 6.45) is 14.4. The van der Waals surface area contributed by atoms with Crippen molar-refractivity contribution in [1.29, 1.82) is 0 Å². The van der Waals surface area contributed by atoms with Gasteiger partial charge in [0.1, 0.15) is 0 Å². The first-order valence-electron chi connectivity index (χ1n) is 7.20. The molecule has 0 saturated heterocycles. The van der Waals surface area contributed by atoms with Crippen molar-refractivity contribution < 1.29 is 0 Å². The van der Waals surface area contributed by atoms with E-state index < -0.39 is 6.00 Å². The van der Waals surface area contributed by atoms with Crippen molar-refractivity contribution >= 4 is 39.2 Å². The van der Waals surface area contributed by atoms with Crippen molar-refractivity contribution in [2.24, 2.45) is 0 Å². The molecule has 0 spiro atoms. The van der Waals surface area contributed by atoms with Crippen LogP contribution in [0.4, 0.5) is 0 Å². The lowest BCUT2D eigenvalue weighted by Gasteiger charge is -2.20. The van der Waals surface area contributed by atoms with Crippen LogP contribution in [0.2, 0.25) is 5.54 Å². The lowest BCUT2D eigenvalue weighted by molar-refractivity contribution is 0.556. The van der Waals surface area contributed by atoms with Gasteiger partial charge >= 0.3 is 6.00 Å². The van der Waals surface area contributed by atoms with Crippen molar-refractivity contribution in [2.45, 2.75) is 76.7 Å². The average Bonchev–Trinajstić information content (AvgIpc) is 2.30. The number of hydrogen-bond donors (Lipinski definition) is 0. The van der Waals surface area contributed by atoms with Crippen LogP contribution in [-0.2, 0) is 0 Å². The van der Waals surface area contributed by atoms with Gasteiger partial charge in [0, 0.05) is 0 Å². The van der Waals surface area contributed by atoms with Crippen molar-refractivity contribution in [2.75, 3.05) is 0 Å². The van der Waals surface area contributed by atoms with Gasteiger partial charge in [0.25, 0.3) is 0 Å². The molecule has 0 aliphatic rings. The van der Waals surface area contributed by atoms with E-state index in [1.807, 2.05) is 6.08 Å². The van der Waals surface area contributed by atoms with Crippen LogP contribution in [0.3, 0.4) is 0 Å². The minimum Gasteiger partial charge on any atom is -0.126 e. The van der Waals surface area contributed by atoms with E-state index in [-0.39, 0.29) is 5.54 Å². The molecule has 18 heavy (non-hydrogen) atoms. The lowest BCUT2D eigenvalue weighted by Crippen LogP contribution is -2.19. The first kappa shape index (κ1) is 18.8. The Bertz CT molecular complexity index is 202. The van der Waals surface area contributed by atoms with E-state index in [0.29, 0.717) is 0 Å². The summed E-state index contributed by atoms with van der Waals surface area (Å²) in [6, 6.07) is -2.55. The normalized spacial score (nSPS) is 13.6. The van der Waals surface area contributed by atoms with E-state index in [2.05, 4.69) is 13.5 Å². The Balaban J connectivity index is 3.53. The van der Waals surface area contributed by atoms with E-state index in [1.165, 1.54) is 51.4 Å². The Morgan fingerprint density at radius 1 is 0.944 bits per heavy atom. The second-order valence-corrected chi connectivity index (χ2v) is 14.0. The van der Waals surface area contributed by atoms with Gasteiger partial charge in [-0.2, -0.15) is 0 Å². The number of hydrogen-bond acceptors (Lipinski definition) is 0. The van der Waals surface area contributed by atoms with Crippen LogP contribution in [0.1, 0.15) is 71.1 Å². The Morgan fingerprint density at radius 2 is 1.44 bits per heavy atom. The number of unbranched alkanes of at least 4 members (excludes halogenated alkanes) is 7. The van der Waals surface area contributed by atoms with Crippen LogP contribution in [-0.4, -0.2) is 6.00 Å². The van der Waals surface area contributed by atoms with E-state index >= 15 is 0 Å². The van der Waals surface area contributed by atoms with Gasteiger partial charge in [-0.15, -0.1) is 39.8 Å². The second kappa shape index (κ2) is 11.6. The van der Waals surface area contributed by atoms with E-state index in [1.54, 1.807) is 0 Å². The molecule has 0 fully saturated rings. The summed E-state index contributed by atoms with van der Waals surface area (Å²) in [5.74, 6) is 0. The Labute approximate surface area is 128 Å². The van der Waals surface area contributed by atoms with Gasteiger partial charge < -0.3 is 0 Å². The third kappa shape index (κ3) is 10.7. The third-order valence-electron chi connectivity index (χ3n) is 3.32. The van der Waals surface area contributed by atoms with Crippen LogP contribution < -0.4 is 0 Å². The Morgan fingerprint density at radius 3 is 1.89 bits per heavy atom. The largest absolute Gasteiger partial charge is 0.344 e. The topological polar surface area (TPSA) is 0 Å². The zero-order chi connectivity index (χ0) is 13.9. The van der Waals surface area contributed by atoms with E-state index in [9.17, 15) is 0 Å². The predicted octanol–water partition coefficient (Wildman–Crippen LogP) is 7.12. The summed E-state index contributed by atoms with van der Waals surface area (Å²) < 4.78 is 0.